The van der Waals surface area contributed by atoms with Crippen molar-refractivity contribution in [2.75, 3.05) is 44.2 Å². The second-order valence-corrected chi connectivity index (χ2v) is 6.81. The first-order valence-corrected chi connectivity index (χ1v) is 8.93. The lowest BCUT2D eigenvalue weighted by molar-refractivity contribution is -0.119. The van der Waals surface area contributed by atoms with Crippen LogP contribution in [-0.4, -0.2) is 84.7 Å². The SMILES string of the molecule is CC(=O)NC[C@H]1O[C@@H](CO)[C@@H](O)[C@H]1N1CCN(c2ccc(F)cc2)CC1. The third-order valence-corrected chi connectivity index (χ3v) is 5.12. The van der Waals surface area contributed by atoms with Gasteiger partial charge in [0.15, 0.2) is 0 Å². The minimum Gasteiger partial charge on any atom is -0.394 e. The van der Waals surface area contributed by atoms with Crippen LogP contribution in [0, 0.1) is 5.82 Å². The van der Waals surface area contributed by atoms with Crippen molar-refractivity contribution in [2.24, 2.45) is 0 Å². The molecule has 144 valence electrons. The Labute approximate surface area is 152 Å². The van der Waals surface area contributed by atoms with Gasteiger partial charge in [0.25, 0.3) is 0 Å². The summed E-state index contributed by atoms with van der Waals surface area (Å²) >= 11 is 0. The summed E-state index contributed by atoms with van der Waals surface area (Å²) in [4.78, 5) is 15.5. The lowest BCUT2D eigenvalue weighted by Crippen LogP contribution is -2.57. The Kier molecular flexibility index (Phi) is 6.08. The van der Waals surface area contributed by atoms with Gasteiger partial charge >= 0.3 is 0 Å². The molecular formula is C18H26FN3O4. The van der Waals surface area contributed by atoms with Gasteiger partial charge in [-0.3, -0.25) is 9.69 Å². The highest BCUT2D eigenvalue weighted by Gasteiger charge is 2.46. The van der Waals surface area contributed by atoms with E-state index in [1.165, 1.54) is 19.1 Å². The molecule has 0 saturated carbocycles. The summed E-state index contributed by atoms with van der Waals surface area (Å²) in [6.45, 7) is 4.37. The van der Waals surface area contributed by atoms with Crippen LogP contribution in [0.2, 0.25) is 0 Å². The molecule has 1 aromatic rings. The van der Waals surface area contributed by atoms with Crippen molar-refractivity contribution in [2.45, 2.75) is 31.3 Å². The molecular weight excluding hydrogens is 341 g/mol. The highest BCUT2D eigenvalue weighted by atomic mass is 19.1. The number of nitrogens with zero attached hydrogens (tertiary/aromatic N) is 2. The fourth-order valence-corrected chi connectivity index (χ4v) is 3.77. The average molecular weight is 367 g/mol. The number of carbonyl (C=O) groups excluding carboxylic acids is 1. The molecule has 2 heterocycles. The van der Waals surface area contributed by atoms with E-state index in [0.717, 1.165) is 18.8 Å². The van der Waals surface area contributed by atoms with Gasteiger partial charge in [-0.1, -0.05) is 0 Å². The average Bonchev–Trinajstić information content (AvgIpc) is 2.96. The van der Waals surface area contributed by atoms with Crippen LogP contribution in [0.25, 0.3) is 0 Å². The van der Waals surface area contributed by atoms with Crippen LogP contribution in [0.3, 0.4) is 0 Å². The third-order valence-electron chi connectivity index (χ3n) is 5.12. The fourth-order valence-electron chi connectivity index (χ4n) is 3.77. The van der Waals surface area contributed by atoms with E-state index in [2.05, 4.69) is 15.1 Å². The number of amides is 1. The molecule has 0 spiro atoms. The zero-order valence-corrected chi connectivity index (χ0v) is 14.8. The third kappa shape index (κ3) is 4.15. The van der Waals surface area contributed by atoms with Gasteiger partial charge in [0.1, 0.15) is 18.0 Å². The molecule has 3 rings (SSSR count). The first kappa shape index (κ1) is 19.0. The molecule has 4 atom stereocenters. The normalized spacial score (nSPS) is 29.8. The lowest BCUT2D eigenvalue weighted by atomic mass is 10.0. The lowest BCUT2D eigenvalue weighted by Gasteiger charge is -2.41. The molecule has 0 aliphatic carbocycles. The minimum atomic E-state index is -0.809. The van der Waals surface area contributed by atoms with Crippen molar-refractivity contribution in [3.8, 4) is 0 Å². The van der Waals surface area contributed by atoms with Crippen LogP contribution in [0.5, 0.6) is 0 Å². The molecule has 26 heavy (non-hydrogen) atoms. The van der Waals surface area contributed by atoms with Crippen molar-refractivity contribution in [3.05, 3.63) is 30.1 Å². The van der Waals surface area contributed by atoms with Gasteiger partial charge in [-0.2, -0.15) is 0 Å². The summed E-state index contributed by atoms with van der Waals surface area (Å²) in [6, 6.07) is 6.14. The zero-order chi connectivity index (χ0) is 18.7. The zero-order valence-electron chi connectivity index (χ0n) is 14.8. The van der Waals surface area contributed by atoms with Crippen molar-refractivity contribution >= 4 is 11.6 Å². The Morgan fingerprint density at radius 2 is 1.88 bits per heavy atom. The van der Waals surface area contributed by atoms with E-state index in [1.54, 1.807) is 12.1 Å². The molecule has 0 radical (unpaired) electrons. The summed E-state index contributed by atoms with van der Waals surface area (Å²) in [5.41, 5.74) is 0.970. The largest absolute Gasteiger partial charge is 0.394 e. The molecule has 2 fully saturated rings. The molecule has 1 aromatic carbocycles. The van der Waals surface area contributed by atoms with E-state index in [9.17, 15) is 19.4 Å². The van der Waals surface area contributed by atoms with Crippen LogP contribution >= 0.6 is 0 Å². The Morgan fingerprint density at radius 3 is 2.46 bits per heavy atom. The number of piperazine rings is 1. The molecule has 2 saturated heterocycles. The second-order valence-electron chi connectivity index (χ2n) is 6.81. The van der Waals surface area contributed by atoms with Crippen LogP contribution < -0.4 is 10.2 Å². The topological polar surface area (TPSA) is 85.3 Å². The Bertz CT molecular complexity index is 607. The quantitative estimate of drug-likeness (QED) is 0.655. The van der Waals surface area contributed by atoms with E-state index < -0.39 is 12.2 Å². The van der Waals surface area contributed by atoms with E-state index in [4.69, 9.17) is 4.74 Å². The molecule has 2 aliphatic rings. The summed E-state index contributed by atoms with van der Waals surface area (Å²) in [5, 5.41) is 22.7. The van der Waals surface area contributed by atoms with E-state index in [-0.39, 0.29) is 30.5 Å². The van der Waals surface area contributed by atoms with Crippen LogP contribution in [0.4, 0.5) is 10.1 Å². The number of ether oxygens (including phenoxy) is 1. The summed E-state index contributed by atoms with van der Waals surface area (Å²) in [6.07, 6.45) is -1.83. The van der Waals surface area contributed by atoms with Crippen molar-refractivity contribution in [1.29, 1.82) is 0 Å². The number of aliphatic hydroxyl groups excluding tert-OH is 2. The predicted octanol–water partition coefficient (Wildman–Crippen LogP) is -0.427. The number of benzene rings is 1. The van der Waals surface area contributed by atoms with E-state index in [0.29, 0.717) is 19.6 Å². The first-order chi connectivity index (χ1) is 12.5. The number of carbonyl (C=O) groups is 1. The van der Waals surface area contributed by atoms with Gasteiger partial charge in [0, 0.05) is 45.3 Å². The predicted molar refractivity (Wildman–Crippen MR) is 94.4 cm³/mol. The highest BCUT2D eigenvalue weighted by Crippen LogP contribution is 2.27. The van der Waals surface area contributed by atoms with Crippen LogP contribution in [0.15, 0.2) is 24.3 Å². The number of hydrogen-bond donors (Lipinski definition) is 3. The Balaban J connectivity index is 1.63. The van der Waals surface area contributed by atoms with E-state index in [1.807, 2.05) is 0 Å². The molecule has 0 aromatic heterocycles. The van der Waals surface area contributed by atoms with Gasteiger partial charge in [0.05, 0.1) is 18.8 Å². The smallest absolute Gasteiger partial charge is 0.216 e. The summed E-state index contributed by atoms with van der Waals surface area (Å²) in [5.74, 6) is -0.412. The Morgan fingerprint density at radius 1 is 1.23 bits per heavy atom. The van der Waals surface area contributed by atoms with Crippen molar-refractivity contribution in [1.82, 2.24) is 10.2 Å². The minimum absolute atomic E-state index is 0.157. The molecule has 0 bridgehead atoms. The van der Waals surface area contributed by atoms with Gasteiger partial charge in [-0.25, -0.2) is 4.39 Å². The van der Waals surface area contributed by atoms with Crippen molar-refractivity contribution < 1.29 is 24.1 Å². The number of rotatable bonds is 5. The number of aliphatic hydroxyl groups is 2. The molecule has 3 N–H and O–H groups in total. The number of nitrogens with one attached hydrogen (secondary N) is 1. The molecule has 0 unspecified atom stereocenters. The fraction of sp³-hybridized carbons (Fsp3) is 0.611. The first-order valence-electron chi connectivity index (χ1n) is 8.93. The maximum absolute atomic E-state index is 13.1. The molecule has 8 heteroatoms. The second kappa shape index (κ2) is 8.30. The monoisotopic (exact) mass is 367 g/mol. The maximum Gasteiger partial charge on any atom is 0.216 e. The molecule has 2 aliphatic heterocycles. The highest BCUT2D eigenvalue weighted by molar-refractivity contribution is 5.72. The van der Waals surface area contributed by atoms with Gasteiger partial charge < -0.3 is 25.2 Å². The van der Waals surface area contributed by atoms with Crippen molar-refractivity contribution in [3.63, 3.8) is 0 Å². The van der Waals surface area contributed by atoms with Gasteiger partial charge in [-0.05, 0) is 24.3 Å². The summed E-state index contributed by atoms with van der Waals surface area (Å²) in [7, 11) is 0. The van der Waals surface area contributed by atoms with Crippen LogP contribution in [0.1, 0.15) is 6.92 Å². The van der Waals surface area contributed by atoms with Gasteiger partial charge in [-0.15, -0.1) is 0 Å². The standard InChI is InChI=1S/C18H26FN3O4/c1-12(24)20-10-15-17(18(25)16(11-23)26-15)22-8-6-21(7-9-22)14-4-2-13(19)3-5-14/h2-5,15-18,23,25H,6-11H2,1H3,(H,20,24)/t15-,16+,17+,18-/m1/s1. The summed E-state index contributed by atoms with van der Waals surface area (Å²) < 4.78 is 18.8. The number of halogens is 1. The van der Waals surface area contributed by atoms with E-state index >= 15 is 0 Å². The number of hydrogen-bond acceptors (Lipinski definition) is 6. The molecule has 1 amide bonds. The number of anilines is 1. The molecule has 7 nitrogen and oxygen atoms in total. The Hall–Kier alpha value is -1.74. The van der Waals surface area contributed by atoms with Gasteiger partial charge in [0.2, 0.25) is 5.91 Å². The van der Waals surface area contributed by atoms with Crippen LogP contribution in [-0.2, 0) is 9.53 Å². The maximum atomic E-state index is 13.1.